The molecule has 5 nitrogen and oxygen atoms in total. The Morgan fingerprint density at radius 1 is 1.08 bits per heavy atom. The molecule has 1 heterocycles. The van der Waals surface area contributed by atoms with Crippen LogP contribution < -0.4 is 4.74 Å². The van der Waals surface area contributed by atoms with E-state index in [9.17, 15) is 9.59 Å². The largest absolute Gasteiger partial charge is 0.496 e. The van der Waals surface area contributed by atoms with E-state index in [-0.39, 0.29) is 11.8 Å². The summed E-state index contributed by atoms with van der Waals surface area (Å²) in [4.78, 5) is 28.3. The van der Waals surface area contributed by atoms with Crippen LogP contribution in [0.5, 0.6) is 5.75 Å². The Kier molecular flexibility index (Phi) is 6.85. The van der Waals surface area contributed by atoms with Gasteiger partial charge in [0.25, 0.3) is 0 Å². The Morgan fingerprint density at radius 2 is 1.72 bits per heavy atom. The van der Waals surface area contributed by atoms with Crippen LogP contribution in [0.2, 0.25) is 0 Å². The van der Waals surface area contributed by atoms with Crippen molar-refractivity contribution in [1.82, 2.24) is 9.80 Å². The first kappa shape index (κ1) is 19.3. The second kappa shape index (κ2) is 8.88. The lowest BCUT2D eigenvalue weighted by Gasteiger charge is -2.22. The van der Waals surface area contributed by atoms with Crippen molar-refractivity contribution in [1.29, 1.82) is 0 Å². The van der Waals surface area contributed by atoms with E-state index >= 15 is 0 Å². The molecule has 0 bridgehead atoms. The molecule has 5 heteroatoms. The minimum absolute atomic E-state index is 0.130. The molecule has 0 aromatic heterocycles. The number of benzene rings is 1. The zero-order valence-corrected chi connectivity index (χ0v) is 15.9. The second-order valence-corrected chi connectivity index (χ2v) is 6.88. The fraction of sp³-hybridized carbons (Fsp3) is 0.600. The highest BCUT2D eigenvalue weighted by Crippen LogP contribution is 2.27. The van der Waals surface area contributed by atoms with Crippen molar-refractivity contribution in [3.05, 3.63) is 29.3 Å². The highest BCUT2D eigenvalue weighted by Gasteiger charge is 2.21. The zero-order chi connectivity index (χ0) is 18.4. The molecule has 0 saturated carbocycles. The highest BCUT2D eigenvalue weighted by atomic mass is 16.5. The minimum atomic E-state index is 0.130. The van der Waals surface area contributed by atoms with E-state index in [1.54, 1.807) is 7.11 Å². The van der Waals surface area contributed by atoms with Crippen molar-refractivity contribution in [2.75, 3.05) is 33.3 Å². The molecule has 1 aromatic rings. The molecule has 25 heavy (non-hydrogen) atoms. The topological polar surface area (TPSA) is 49.9 Å². The Morgan fingerprint density at radius 3 is 2.28 bits per heavy atom. The van der Waals surface area contributed by atoms with E-state index in [1.165, 1.54) is 0 Å². The molecule has 2 rings (SSSR count). The van der Waals surface area contributed by atoms with Crippen molar-refractivity contribution in [2.24, 2.45) is 0 Å². The van der Waals surface area contributed by atoms with Crippen molar-refractivity contribution in [3.8, 4) is 5.75 Å². The quantitative estimate of drug-likeness (QED) is 0.824. The van der Waals surface area contributed by atoms with Crippen LogP contribution in [0.15, 0.2) is 18.2 Å². The fourth-order valence-electron chi connectivity index (χ4n) is 3.27. The molecule has 0 aliphatic carbocycles. The second-order valence-electron chi connectivity index (χ2n) is 6.88. The van der Waals surface area contributed by atoms with E-state index in [2.05, 4.69) is 19.9 Å². The van der Waals surface area contributed by atoms with Gasteiger partial charge in [-0.3, -0.25) is 9.59 Å². The summed E-state index contributed by atoms with van der Waals surface area (Å²) in [5.74, 6) is 1.52. The summed E-state index contributed by atoms with van der Waals surface area (Å²) >= 11 is 0. The van der Waals surface area contributed by atoms with Crippen molar-refractivity contribution >= 4 is 11.8 Å². The number of rotatable bonds is 5. The molecular formula is C20H30N2O3. The van der Waals surface area contributed by atoms with Gasteiger partial charge in [0.2, 0.25) is 11.8 Å². The molecule has 2 amide bonds. The van der Waals surface area contributed by atoms with Crippen molar-refractivity contribution in [3.63, 3.8) is 0 Å². The van der Waals surface area contributed by atoms with Gasteiger partial charge in [-0.2, -0.15) is 0 Å². The van der Waals surface area contributed by atoms with E-state index in [4.69, 9.17) is 4.74 Å². The molecule has 1 fully saturated rings. The molecule has 0 spiro atoms. The van der Waals surface area contributed by atoms with Gasteiger partial charge in [-0.05, 0) is 29.5 Å². The molecule has 0 atom stereocenters. The number of amides is 2. The zero-order valence-electron chi connectivity index (χ0n) is 15.9. The molecule has 0 unspecified atom stereocenters. The van der Waals surface area contributed by atoms with Gasteiger partial charge in [-0.25, -0.2) is 0 Å². The fourth-order valence-corrected chi connectivity index (χ4v) is 3.27. The number of carbonyl (C=O) groups excluding carboxylic acids is 2. The molecule has 1 aromatic carbocycles. The van der Waals surface area contributed by atoms with Crippen LogP contribution in [-0.2, 0) is 16.0 Å². The number of ether oxygens (including phenoxy) is 1. The Bertz CT molecular complexity index is 613. The van der Waals surface area contributed by atoms with E-state index in [1.807, 2.05) is 28.9 Å². The van der Waals surface area contributed by atoms with Crippen LogP contribution >= 0.6 is 0 Å². The van der Waals surface area contributed by atoms with E-state index in [0.717, 1.165) is 36.4 Å². The normalized spacial score (nSPS) is 15.2. The van der Waals surface area contributed by atoms with Crippen LogP contribution in [0.25, 0.3) is 0 Å². The molecule has 138 valence electrons. The molecule has 1 aliphatic rings. The maximum absolute atomic E-state index is 12.7. The van der Waals surface area contributed by atoms with Gasteiger partial charge in [-0.15, -0.1) is 0 Å². The molecule has 1 saturated heterocycles. The van der Waals surface area contributed by atoms with Gasteiger partial charge >= 0.3 is 0 Å². The Hall–Kier alpha value is -2.04. The van der Waals surface area contributed by atoms with E-state index in [0.29, 0.717) is 31.8 Å². The highest BCUT2D eigenvalue weighted by molar-refractivity contribution is 5.79. The Balaban J connectivity index is 2.02. The smallest absolute Gasteiger partial charge is 0.227 e. The third-order valence-corrected chi connectivity index (χ3v) is 4.78. The third kappa shape index (κ3) is 4.97. The lowest BCUT2D eigenvalue weighted by molar-refractivity contribution is -0.133. The average Bonchev–Trinajstić information content (AvgIpc) is 2.87. The van der Waals surface area contributed by atoms with Gasteiger partial charge in [0.05, 0.1) is 13.5 Å². The van der Waals surface area contributed by atoms with E-state index < -0.39 is 0 Å². The van der Waals surface area contributed by atoms with Crippen LogP contribution in [0.3, 0.4) is 0 Å². The first-order valence-electron chi connectivity index (χ1n) is 9.18. The van der Waals surface area contributed by atoms with Gasteiger partial charge in [0.15, 0.2) is 0 Å². The minimum Gasteiger partial charge on any atom is -0.496 e. The van der Waals surface area contributed by atoms with Gasteiger partial charge < -0.3 is 14.5 Å². The third-order valence-electron chi connectivity index (χ3n) is 4.78. The number of hydrogen-bond acceptors (Lipinski definition) is 3. The SMILES string of the molecule is CCC(=O)N1CCCN(C(=O)Cc2ccc(OC)c(C(C)C)c2)CC1. The predicted molar refractivity (Wildman–Crippen MR) is 98.9 cm³/mol. The van der Waals surface area contributed by atoms with Crippen LogP contribution in [0.1, 0.15) is 50.7 Å². The lowest BCUT2D eigenvalue weighted by atomic mass is 9.98. The standard InChI is InChI=1S/C20H30N2O3/c1-5-19(23)21-9-6-10-22(12-11-21)20(24)14-16-7-8-18(25-4)17(13-16)15(2)3/h7-8,13,15H,5-6,9-12,14H2,1-4H3. The number of methoxy groups -OCH3 is 1. The van der Waals surface area contributed by atoms with Gasteiger partial charge in [0, 0.05) is 32.6 Å². The van der Waals surface area contributed by atoms with Crippen LogP contribution in [-0.4, -0.2) is 54.9 Å². The first-order chi connectivity index (χ1) is 12.0. The summed E-state index contributed by atoms with van der Waals surface area (Å²) < 4.78 is 5.41. The first-order valence-corrected chi connectivity index (χ1v) is 9.18. The van der Waals surface area contributed by atoms with Gasteiger partial charge in [0.1, 0.15) is 5.75 Å². The van der Waals surface area contributed by atoms with Crippen LogP contribution in [0, 0.1) is 0 Å². The summed E-state index contributed by atoms with van der Waals surface area (Å²) in [5, 5.41) is 0. The monoisotopic (exact) mass is 346 g/mol. The molecule has 1 aliphatic heterocycles. The lowest BCUT2D eigenvalue weighted by Crippen LogP contribution is -2.37. The average molecular weight is 346 g/mol. The van der Waals surface area contributed by atoms with Crippen molar-refractivity contribution < 1.29 is 14.3 Å². The summed E-state index contributed by atoms with van der Waals surface area (Å²) in [5.41, 5.74) is 2.14. The Labute approximate surface area is 150 Å². The maximum Gasteiger partial charge on any atom is 0.227 e. The summed E-state index contributed by atoms with van der Waals surface area (Å²) in [6.45, 7) is 8.85. The predicted octanol–water partition coefficient (Wildman–Crippen LogP) is 2.83. The molecule has 0 radical (unpaired) electrons. The van der Waals surface area contributed by atoms with Gasteiger partial charge in [-0.1, -0.05) is 32.9 Å². The number of hydrogen-bond donors (Lipinski definition) is 0. The number of nitrogens with zero attached hydrogens (tertiary/aromatic N) is 2. The maximum atomic E-state index is 12.7. The summed E-state index contributed by atoms with van der Waals surface area (Å²) in [6, 6.07) is 5.99. The number of carbonyl (C=O) groups is 2. The van der Waals surface area contributed by atoms with Crippen LogP contribution in [0.4, 0.5) is 0 Å². The molecular weight excluding hydrogens is 316 g/mol. The van der Waals surface area contributed by atoms with Crippen molar-refractivity contribution in [2.45, 2.75) is 46.0 Å². The summed E-state index contributed by atoms with van der Waals surface area (Å²) in [7, 11) is 1.67. The summed E-state index contributed by atoms with van der Waals surface area (Å²) in [6.07, 6.45) is 1.76. The molecule has 0 N–H and O–H groups in total.